The SMILES string of the molecule is COc1ccc(NC(=O)CSCc2ccc(C)cc2)cc1S(N)(=O)=O. The quantitative estimate of drug-likeness (QED) is 0.769. The minimum Gasteiger partial charge on any atom is -0.495 e. The van der Waals surface area contributed by atoms with Crippen LogP contribution in [0, 0.1) is 6.92 Å². The van der Waals surface area contributed by atoms with E-state index < -0.39 is 10.0 Å². The third kappa shape index (κ3) is 5.77. The first-order chi connectivity index (χ1) is 11.8. The van der Waals surface area contributed by atoms with Crippen LogP contribution in [0.15, 0.2) is 47.4 Å². The Morgan fingerprint density at radius 2 is 1.88 bits per heavy atom. The third-order valence-electron chi connectivity index (χ3n) is 3.38. The number of amides is 1. The lowest BCUT2D eigenvalue weighted by atomic mass is 10.2. The fourth-order valence-electron chi connectivity index (χ4n) is 2.12. The number of benzene rings is 2. The Morgan fingerprint density at radius 1 is 1.20 bits per heavy atom. The summed E-state index contributed by atoms with van der Waals surface area (Å²) in [6.07, 6.45) is 0. The van der Waals surface area contributed by atoms with Crippen molar-refractivity contribution in [3.05, 3.63) is 53.6 Å². The molecule has 8 heteroatoms. The molecule has 1 amide bonds. The van der Waals surface area contributed by atoms with Gasteiger partial charge in [-0.25, -0.2) is 13.6 Å². The molecule has 6 nitrogen and oxygen atoms in total. The summed E-state index contributed by atoms with van der Waals surface area (Å²) in [5, 5.41) is 7.83. The van der Waals surface area contributed by atoms with Gasteiger partial charge in [0, 0.05) is 11.4 Å². The average Bonchev–Trinajstić information content (AvgIpc) is 2.56. The topological polar surface area (TPSA) is 98.5 Å². The highest BCUT2D eigenvalue weighted by Gasteiger charge is 2.16. The number of carbonyl (C=O) groups is 1. The molecule has 2 aromatic carbocycles. The lowest BCUT2D eigenvalue weighted by Gasteiger charge is -2.10. The molecule has 0 atom stereocenters. The molecule has 2 aromatic rings. The maximum Gasteiger partial charge on any atom is 0.241 e. The summed E-state index contributed by atoms with van der Waals surface area (Å²) in [5.41, 5.74) is 2.69. The van der Waals surface area contributed by atoms with Gasteiger partial charge < -0.3 is 10.1 Å². The van der Waals surface area contributed by atoms with Gasteiger partial charge in [0.15, 0.2) is 0 Å². The van der Waals surface area contributed by atoms with Gasteiger partial charge in [0.05, 0.1) is 12.9 Å². The Bertz CT molecular complexity index is 849. The number of ether oxygens (including phenoxy) is 1. The molecule has 0 radical (unpaired) electrons. The van der Waals surface area contributed by atoms with E-state index in [1.54, 1.807) is 6.07 Å². The first kappa shape index (κ1) is 19.3. The molecule has 0 aliphatic rings. The standard InChI is InChI=1S/C17H20N2O4S2/c1-12-3-5-13(6-4-12)10-24-11-17(20)19-14-7-8-15(23-2)16(9-14)25(18,21)22/h3-9H,10-11H2,1-2H3,(H,19,20)(H2,18,21,22). The van der Waals surface area contributed by atoms with Gasteiger partial charge >= 0.3 is 0 Å². The number of methoxy groups -OCH3 is 1. The molecule has 0 saturated carbocycles. The number of anilines is 1. The summed E-state index contributed by atoms with van der Waals surface area (Å²) in [5.74, 6) is 0.889. The highest BCUT2D eigenvalue weighted by atomic mass is 32.2. The first-order valence-electron chi connectivity index (χ1n) is 7.43. The molecule has 0 bridgehead atoms. The summed E-state index contributed by atoms with van der Waals surface area (Å²) < 4.78 is 28.1. The number of nitrogens with one attached hydrogen (secondary N) is 1. The van der Waals surface area contributed by atoms with Crippen molar-refractivity contribution < 1.29 is 17.9 Å². The predicted molar refractivity (Wildman–Crippen MR) is 100 cm³/mol. The van der Waals surface area contributed by atoms with Crippen molar-refractivity contribution in [1.29, 1.82) is 0 Å². The fourth-order valence-corrected chi connectivity index (χ4v) is 3.63. The molecule has 134 valence electrons. The smallest absolute Gasteiger partial charge is 0.241 e. The van der Waals surface area contributed by atoms with Gasteiger partial charge in [-0.1, -0.05) is 29.8 Å². The second-order valence-electron chi connectivity index (χ2n) is 5.44. The summed E-state index contributed by atoms with van der Waals surface area (Å²) >= 11 is 1.48. The average molecular weight is 380 g/mol. The van der Waals surface area contributed by atoms with Crippen LogP contribution in [0.1, 0.15) is 11.1 Å². The number of sulfonamides is 1. The van der Waals surface area contributed by atoms with Crippen molar-refractivity contribution in [2.45, 2.75) is 17.6 Å². The minimum absolute atomic E-state index is 0.134. The molecule has 0 aromatic heterocycles. The van der Waals surface area contributed by atoms with Crippen molar-refractivity contribution in [2.75, 3.05) is 18.2 Å². The van der Waals surface area contributed by atoms with Crippen molar-refractivity contribution in [2.24, 2.45) is 5.14 Å². The normalized spacial score (nSPS) is 11.2. The van der Waals surface area contributed by atoms with Crippen molar-refractivity contribution >= 4 is 33.4 Å². The number of nitrogens with two attached hydrogens (primary N) is 1. The van der Waals surface area contributed by atoms with E-state index in [0.717, 1.165) is 11.3 Å². The Labute approximate surface area is 151 Å². The maximum absolute atomic E-state index is 12.0. The summed E-state index contributed by atoms with van der Waals surface area (Å²) in [6.45, 7) is 2.02. The van der Waals surface area contributed by atoms with E-state index in [2.05, 4.69) is 5.32 Å². The number of carbonyl (C=O) groups excluding carboxylic acids is 1. The van der Waals surface area contributed by atoms with Gasteiger partial charge in [-0.05, 0) is 30.7 Å². The number of rotatable bonds is 7. The summed E-state index contributed by atoms with van der Waals surface area (Å²) in [4.78, 5) is 11.9. The number of thioether (sulfide) groups is 1. The lowest BCUT2D eigenvalue weighted by Crippen LogP contribution is -2.17. The Morgan fingerprint density at radius 3 is 2.48 bits per heavy atom. The molecular formula is C17H20N2O4S2. The molecule has 2 rings (SSSR count). The van der Waals surface area contributed by atoms with E-state index in [-0.39, 0.29) is 22.3 Å². The van der Waals surface area contributed by atoms with Crippen LogP contribution in [-0.4, -0.2) is 27.2 Å². The van der Waals surface area contributed by atoms with Crippen LogP contribution in [0.4, 0.5) is 5.69 Å². The van der Waals surface area contributed by atoms with E-state index in [1.165, 1.54) is 36.6 Å². The molecule has 3 N–H and O–H groups in total. The van der Waals surface area contributed by atoms with Crippen LogP contribution in [0.3, 0.4) is 0 Å². The first-order valence-corrected chi connectivity index (χ1v) is 10.1. The molecule has 25 heavy (non-hydrogen) atoms. The van der Waals surface area contributed by atoms with Crippen molar-refractivity contribution in [1.82, 2.24) is 0 Å². The van der Waals surface area contributed by atoms with Crippen LogP contribution < -0.4 is 15.2 Å². The zero-order chi connectivity index (χ0) is 18.4. The van der Waals surface area contributed by atoms with Crippen molar-refractivity contribution in [3.63, 3.8) is 0 Å². The van der Waals surface area contributed by atoms with Gasteiger partial charge in [-0.3, -0.25) is 4.79 Å². The van der Waals surface area contributed by atoms with Gasteiger partial charge in [-0.15, -0.1) is 11.8 Å². The van der Waals surface area contributed by atoms with Crippen LogP contribution in [0.25, 0.3) is 0 Å². The van der Waals surface area contributed by atoms with Gasteiger partial charge in [0.2, 0.25) is 15.9 Å². The van der Waals surface area contributed by atoms with Gasteiger partial charge in [-0.2, -0.15) is 0 Å². The molecule has 0 spiro atoms. The molecule has 0 aliphatic carbocycles. The van der Waals surface area contributed by atoms with E-state index in [4.69, 9.17) is 9.88 Å². The monoisotopic (exact) mass is 380 g/mol. The highest BCUT2D eigenvalue weighted by molar-refractivity contribution is 7.99. The third-order valence-corrected chi connectivity index (χ3v) is 5.31. The Balaban J connectivity index is 1.95. The highest BCUT2D eigenvalue weighted by Crippen LogP contribution is 2.26. The van der Waals surface area contributed by atoms with E-state index >= 15 is 0 Å². The van der Waals surface area contributed by atoms with E-state index in [0.29, 0.717) is 5.69 Å². The second kappa shape index (κ2) is 8.37. The van der Waals surface area contributed by atoms with Crippen LogP contribution >= 0.6 is 11.8 Å². The molecule has 0 unspecified atom stereocenters. The molecular weight excluding hydrogens is 360 g/mol. The molecule has 0 heterocycles. The Hall–Kier alpha value is -2.03. The number of primary sulfonamides is 1. The van der Waals surface area contributed by atoms with E-state index in [1.807, 2.05) is 31.2 Å². The van der Waals surface area contributed by atoms with Crippen LogP contribution in [-0.2, 0) is 20.6 Å². The summed E-state index contributed by atoms with van der Waals surface area (Å²) in [6, 6.07) is 12.4. The number of hydrogen-bond acceptors (Lipinski definition) is 5. The van der Waals surface area contributed by atoms with E-state index in [9.17, 15) is 13.2 Å². The van der Waals surface area contributed by atoms with Crippen LogP contribution in [0.5, 0.6) is 5.75 Å². The minimum atomic E-state index is -3.94. The molecule has 0 fully saturated rings. The van der Waals surface area contributed by atoms with Gasteiger partial charge in [0.1, 0.15) is 10.6 Å². The second-order valence-corrected chi connectivity index (χ2v) is 7.95. The van der Waals surface area contributed by atoms with Gasteiger partial charge in [0.25, 0.3) is 0 Å². The van der Waals surface area contributed by atoms with Crippen molar-refractivity contribution in [3.8, 4) is 5.75 Å². The number of hydrogen-bond donors (Lipinski definition) is 2. The Kier molecular flexibility index (Phi) is 6.46. The zero-order valence-electron chi connectivity index (χ0n) is 14.0. The largest absolute Gasteiger partial charge is 0.495 e. The lowest BCUT2D eigenvalue weighted by molar-refractivity contribution is -0.113. The maximum atomic E-state index is 12.0. The summed E-state index contributed by atoms with van der Waals surface area (Å²) in [7, 11) is -2.59. The zero-order valence-corrected chi connectivity index (χ0v) is 15.6. The fraction of sp³-hybridized carbons (Fsp3) is 0.235. The number of aryl methyl sites for hydroxylation is 1. The molecule has 0 saturated heterocycles. The predicted octanol–water partition coefficient (Wildman–Crippen LogP) is 2.52. The molecule has 0 aliphatic heterocycles. The van der Waals surface area contributed by atoms with Crippen LogP contribution in [0.2, 0.25) is 0 Å².